The molecule has 0 fully saturated rings. The van der Waals surface area contributed by atoms with Crippen molar-refractivity contribution in [2.45, 2.75) is 37.3 Å². The first-order chi connectivity index (χ1) is 17.4. The summed E-state index contributed by atoms with van der Waals surface area (Å²) in [4.78, 5) is 26.1. The predicted molar refractivity (Wildman–Crippen MR) is 148 cm³/mol. The molecule has 0 unspecified atom stereocenters. The predicted octanol–water partition coefficient (Wildman–Crippen LogP) is 4.15. The Labute approximate surface area is 230 Å². The zero-order valence-electron chi connectivity index (χ0n) is 20.6. The van der Waals surface area contributed by atoms with Crippen molar-refractivity contribution in [1.82, 2.24) is 14.9 Å². The van der Waals surface area contributed by atoms with Gasteiger partial charge < -0.3 is 15.7 Å². The van der Waals surface area contributed by atoms with Gasteiger partial charge in [0.05, 0.1) is 16.0 Å². The van der Waals surface area contributed by atoms with E-state index >= 15 is 0 Å². The van der Waals surface area contributed by atoms with Crippen molar-refractivity contribution >= 4 is 66.5 Å². The smallest absolute Gasteiger partial charge is 0.262 e. The number of carbonyl (C=O) groups is 2. The lowest BCUT2D eigenvalue weighted by Gasteiger charge is -2.23. The summed E-state index contributed by atoms with van der Waals surface area (Å²) in [6.45, 7) is 3.37. The summed E-state index contributed by atoms with van der Waals surface area (Å²) in [5.41, 5.74) is 0. The highest BCUT2D eigenvalue weighted by Gasteiger charge is 2.27. The number of thiophene rings is 1. The Morgan fingerprint density at radius 3 is 2.46 bits per heavy atom. The third kappa shape index (κ3) is 7.66. The Hall–Kier alpha value is -2.21. The molecule has 0 bridgehead atoms. The number of sulfonamides is 1. The monoisotopic (exact) mass is 585 g/mol. The van der Waals surface area contributed by atoms with Crippen LogP contribution in [-0.2, 0) is 14.8 Å². The van der Waals surface area contributed by atoms with E-state index in [2.05, 4.69) is 10.6 Å². The molecule has 2 aromatic carbocycles. The van der Waals surface area contributed by atoms with E-state index in [1.165, 1.54) is 36.6 Å². The standard InChI is InChI=1S/C25H29Cl2N3O5S2/c1-15(2)10-20(29-25(33)22-11-16-6-4-5-7-21(16)36-22)24(32)28-13-18(31)14-30(3)37(34,35)23-9-8-17(26)12-19(23)27/h4-9,11-12,15,18,20,31H,10,13-14H2,1-3H3,(H,28,32)(H,29,33)/t18-,20-/m0/s1. The lowest BCUT2D eigenvalue weighted by atomic mass is 10.0. The van der Waals surface area contributed by atoms with Crippen LogP contribution in [-0.4, -0.2) is 61.9 Å². The fraction of sp³-hybridized carbons (Fsp3) is 0.360. The number of likely N-dealkylation sites (N-methyl/N-ethyl adjacent to an activating group) is 1. The van der Waals surface area contributed by atoms with Crippen molar-refractivity contribution < 1.29 is 23.1 Å². The number of nitrogens with zero attached hydrogens (tertiary/aromatic N) is 1. The van der Waals surface area contributed by atoms with Gasteiger partial charge >= 0.3 is 0 Å². The third-order valence-electron chi connectivity index (χ3n) is 5.54. The highest BCUT2D eigenvalue weighted by molar-refractivity contribution is 7.89. The van der Waals surface area contributed by atoms with E-state index in [4.69, 9.17) is 23.2 Å². The average molecular weight is 587 g/mol. The van der Waals surface area contributed by atoms with Crippen LogP contribution in [0.3, 0.4) is 0 Å². The molecule has 0 aliphatic rings. The van der Waals surface area contributed by atoms with Crippen molar-refractivity contribution in [2.24, 2.45) is 5.92 Å². The van der Waals surface area contributed by atoms with Gasteiger partial charge in [0, 0.05) is 29.9 Å². The summed E-state index contributed by atoms with van der Waals surface area (Å²) in [7, 11) is -2.69. The van der Waals surface area contributed by atoms with Gasteiger partial charge in [-0.3, -0.25) is 9.59 Å². The number of aliphatic hydroxyl groups is 1. The van der Waals surface area contributed by atoms with Gasteiger partial charge in [0.25, 0.3) is 5.91 Å². The van der Waals surface area contributed by atoms with Crippen molar-refractivity contribution in [3.05, 3.63) is 63.5 Å². The molecule has 0 spiro atoms. The van der Waals surface area contributed by atoms with Crippen molar-refractivity contribution in [1.29, 1.82) is 0 Å². The number of benzene rings is 2. The summed E-state index contributed by atoms with van der Waals surface area (Å²) in [5, 5.41) is 17.1. The van der Waals surface area contributed by atoms with Gasteiger partial charge in [0.15, 0.2) is 0 Å². The van der Waals surface area contributed by atoms with Crippen molar-refractivity contribution in [3.8, 4) is 0 Å². The number of rotatable bonds is 11. The topological polar surface area (TPSA) is 116 Å². The number of amides is 2. The number of carbonyl (C=O) groups excluding carboxylic acids is 2. The van der Waals surface area contributed by atoms with Crippen LogP contribution in [0.1, 0.15) is 29.9 Å². The molecule has 0 saturated carbocycles. The van der Waals surface area contributed by atoms with Crippen LogP contribution in [0.25, 0.3) is 10.1 Å². The van der Waals surface area contributed by atoms with E-state index in [1.807, 2.05) is 38.1 Å². The maximum atomic E-state index is 12.9. The molecule has 0 aliphatic heterocycles. The highest BCUT2D eigenvalue weighted by Crippen LogP contribution is 2.27. The Kier molecular flexibility index (Phi) is 9.96. The van der Waals surface area contributed by atoms with E-state index < -0.39 is 28.1 Å². The van der Waals surface area contributed by atoms with Crippen molar-refractivity contribution in [2.75, 3.05) is 20.1 Å². The molecule has 1 aromatic heterocycles. The summed E-state index contributed by atoms with van der Waals surface area (Å²) in [6.07, 6.45) is -0.810. The molecule has 200 valence electrons. The van der Waals surface area contributed by atoms with Gasteiger partial charge in [0.1, 0.15) is 10.9 Å². The van der Waals surface area contributed by atoms with Gasteiger partial charge in [0.2, 0.25) is 15.9 Å². The molecule has 2 amide bonds. The van der Waals surface area contributed by atoms with E-state index in [0.717, 1.165) is 14.4 Å². The summed E-state index contributed by atoms with van der Waals surface area (Å²) < 4.78 is 27.6. The first-order valence-electron chi connectivity index (χ1n) is 11.5. The number of nitrogens with one attached hydrogen (secondary N) is 2. The van der Waals surface area contributed by atoms with E-state index in [-0.39, 0.29) is 34.8 Å². The zero-order chi connectivity index (χ0) is 27.3. The SMILES string of the molecule is CC(C)C[C@H](NC(=O)c1cc2ccccc2s1)C(=O)NC[C@H](O)CN(C)S(=O)(=O)c1ccc(Cl)cc1Cl. The molecule has 3 aromatic rings. The third-order valence-corrected chi connectivity index (χ3v) is 9.20. The second-order valence-corrected chi connectivity index (χ2v) is 13.0. The second kappa shape index (κ2) is 12.6. The molecule has 0 saturated heterocycles. The summed E-state index contributed by atoms with van der Waals surface area (Å²) >= 11 is 13.2. The molecule has 2 atom stereocenters. The van der Waals surface area contributed by atoms with E-state index in [1.54, 1.807) is 6.07 Å². The van der Waals surface area contributed by atoms with Crippen molar-refractivity contribution in [3.63, 3.8) is 0 Å². The van der Waals surface area contributed by atoms with Crippen LogP contribution in [0.15, 0.2) is 53.4 Å². The van der Waals surface area contributed by atoms with Gasteiger partial charge in [-0.1, -0.05) is 55.2 Å². The fourth-order valence-corrected chi connectivity index (χ4v) is 6.60. The normalized spacial score (nSPS) is 13.6. The molecule has 0 radical (unpaired) electrons. The van der Waals surface area contributed by atoms with Crippen LogP contribution in [0.2, 0.25) is 10.0 Å². The minimum atomic E-state index is -4.00. The van der Waals surface area contributed by atoms with Gasteiger partial charge in [-0.2, -0.15) is 4.31 Å². The zero-order valence-corrected chi connectivity index (χ0v) is 23.7. The number of hydrogen-bond donors (Lipinski definition) is 3. The summed E-state index contributed by atoms with van der Waals surface area (Å²) in [6, 6.07) is 12.6. The van der Waals surface area contributed by atoms with Crippen LogP contribution >= 0.6 is 34.5 Å². The van der Waals surface area contributed by atoms with Crippen LogP contribution < -0.4 is 10.6 Å². The number of hydrogen-bond acceptors (Lipinski definition) is 6. The lowest BCUT2D eigenvalue weighted by Crippen LogP contribution is -2.50. The molecule has 37 heavy (non-hydrogen) atoms. The van der Waals surface area contributed by atoms with Gasteiger partial charge in [-0.15, -0.1) is 11.3 Å². The maximum absolute atomic E-state index is 12.9. The van der Waals surface area contributed by atoms with Gasteiger partial charge in [-0.05, 0) is 48.1 Å². The fourth-order valence-electron chi connectivity index (χ4n) is 3.68. The Bertz CT molecular complexity index is 1340. The van der Waals surface area contributed by atoms with Crippen LogP contribution in [0.5, 0.6) is 0 Å². The maximum Gasteiger partial charge on any atom is 0.262 e. The molecule has 3 rings (SSSR count). The number of aliphatic hydroxyl groups excluding tert-OH is 1. The molecular formula is C25H29Cl2N3O5S2. The quantitative estimate of drug-likeness (QED) is 0.312. The molecule has 0 aliphatic carbocycles. The first kappa shape index (κ1) is 29.3. The Balaban J connectivity index is 1.60. The second-order valence-electron chi connectivity index (χ2n) is 9.06. The molecule has 12 heteroatoms. The Morgan fingerprint density at radius 2 is 1.81 bits per heavy atom. The first-order valence-corrected chi connectivity index (χ1v) is 14.6. The number of fused-ring (bicyclic) bond motifs is 1. The van der Waals surface area contributed by atoms with Crippen LogP contribution in [0, 0.1) is 5.92 Å². The van der Waals surface area contributed by atoms with Crippen LogP contribution in [0.4, 0.5) is 0 Å². The largest absolute Gasteiger partial charge is 0.390 e. The lowest BCUT2D eigenvalue weighted by molar-refractivity contribution is -0.123. The minimum Gasteiger partial charge on any atom is -0.390 e. The molecule has 1 heterocycles. The molecular weight excluding hydrogens is 557 g/mol. The van der Waals surface area contributed by atoms with E-state index in [0.29, 0.717) is 16.3 Å². The highest BCUT2D eigenvalue weighted by atomic mass is 35.5. The number of halogens is 2. The van der Waals surface area contributed by atoms with E-state index in [9.17, 15) is 23.1 Å². The minimum absolute atomic E-state index is 0.0342. The molecule has 3 N–H and O–H groups in total. The molecule has 8 nitrogen and oxygen atoms in total. The average Bonchev–Trinajstić information content (AvgIpc) is 3.26. The van der Waals surface area contributed by atoms with Gasteiger partial charge in [-0.25, -0.2) is 8.42 Å². The summed E-state index contributed by atoms with van der Waals surface area (Å²) in [5.74, 6) is -0.703. The Morgan fingerprint density at radius 1 is 1.11 bits per heavy atom.